The highest BCUT2D eigenvalue weighted by atomic mass is 32.1. The van der Waals surface area contributed by atoms with Gasteiger partial charge in [0.1, 0.15) is 11.5 Å². The van der Waals surface area contributed by atoms with Crippen LogP contribution in [-0.2, 0) is 4.79 Å². The largest absolute Gasteiger partial charge is 0.497 e. The number of benzene rings is 2. The van der Waals surface area contributed by atoms with E-state index in [0.717, 1.165) is 11.3 Å². The molecule has 3 aromatic rings. The van der Waals surface area contributed by atoms with Gasteiger partial charge in [0.15, 0.2) is 11.2 Å². The monoisotopic (exact) mass is 382 g/mol. The number of carbonyl (C=O) groups excluding carboxylic acids is 1. The molecule has 0 aliphatic heterocycles. The SMILES string of the molecule is COc1cccc(OC(C)C(=O)Nc2nc(-c3ccc(C)c(C)c3)cs2)c1. The van der Waals surface area contributed by atoms with Crippen molar-refractivity contribution in [2.75, 3.05) is 12.4 Å². The molecule has 1 N–H and O–H groups in total. The second-order valence-electron chi connectivity index (χ2n) is 6.27. The highest BCUT2D eigenvalue weighted by Gasteiger charge is 2.17. The van der Waals surface area contributed by atoms with Crippen LogP contribution in [0.15, 0.2) is 47.8 Å². The zero-order valence-electron chi connectivity index (χ0n) is 15.8. The number of anilines is 1. The molecule has 0 saturated heterocycles. The number of hydrogen-bond donors (Lipinski definition) is 1. The molecule has 0 bridgehead atoms. The molecule has 27 heavy (non-hydrogen) atoms. The van der Waals surface area contributed by atoms with E-state index in [1.807, 2.05) is 23.6 Å². The summed E-state index contributed by atoms with van der Waals surface area (Å²) in [4.78, 5) is 16.9. The second-order valence-corrected chi connectivity index (χ2v) is 7.12. The lowest BCUT2D eigenvalue weighted by Gasteiger charge is -2.14. The van der Waals surface area contributed by atoms with E-state index in [9.17, 15) is 4.79 Å². The number of thiazole rings is 1. The van der Waals surface area contributed by atoms with E-state index in [-0.39, 0.29) is 5.91 Å². The van der Waals surface area contributed by atoms with Crippen molar-refractivity contribution in [3.8, 4) is 22.8 Å². The molecular weight excluding hydrogens is 360 g/mol. The van der Waals surface area contributed by atoms with Crippen LogP contribution in [0.4, 0.5) is 5.13 Å². The molecule has 140 valence electrons. The zero-order valence-corrected chi connectivity index (χ0v) is 16.6. The molecule has 0 saturated carbocycles. The fourth-order valence-electron chi connectivity index (χ4n) is 2.50. The van der Waals surface area contributed by atoms with E-state index in [0.29, 0.717) is 16.6 Å². The summed E-state index contributed by atoms with van der Waals surface area (Å²) in [7, 11) is 1.59. The summed E-state index contributed by atoms with van der Waals surface area (Å²) >= 11 is 1.39. The molecule has 0 spiro atoms. The molecule has 5 nitrogen and oxygen atoms in total. The van der Waals surface area contributed by atoms with Crippen LogP contribution in [0.3, 0.4) is 0 Å². The molecule has 6 heteroatoms. The van der Waals surface area contributed by atoms with Crippen molar-refractivity contribution in [1.29, 1.82) is 0 Å². The number of nitrogens with one attached hydrogen (secondary N) is 1. The van der Waals surface area contributed by atoms with E-state index in [1.54, 1.807) is 26.2 Å². The molecule has 1 heterocycles. The van der Waals surface area contributed by atoms with Gasteiger partial charge in [-0.05, 0) is 50.1 Å². The number of carbonyl (C=O) groups is 1. The average Bonchev–Trinajstić information content (AvgIpc) is 3.12. The highest BCUT2D eigenvalue weighted by Crippen LogP contribution is 2.27. The van der Waals surface area contributed by atoms with Crippen LogP contribution in [0.5, 0.6) is 11.5 Å². The maximum absolute atomic E-state index is 12.4. The van der Waals surface area contributed by atoms with Crippen molar-refractivity contribution in [3.05, 3.63) is 59.0 Å². The molecule has 1 unspecified atom stereocenters. The Balaban J connectivity index is 1.65. The van der Waals surface area contributed by atoms with Crippen molar-refractivity contribution in [1.82, 2.24) is 4.98 Å². The van der Waals surface area contributed by atoms with Gasteiger partial charge in [0, 0.05) is 17.0 Å². The van der Waals surface area contributed by atoms with Gasteiger partial charge in [0.25, 0.3) is 5.91 Å². The van der Waals surface area contributed by atoms with Gasteiger partial charge in [-0.15, -0.1) is 11.3 Å². The Hall–Kier alpha value is -2.86. The summed E-state index contributed by atoms with van der Waals surface area (Å²) in [5.41, 5.74) is 4.34. The summed E-state index contributed by atoms with van der Waals surface area (Å²) in [5, 5.41) is 5.31. The number of aromatic nitrogens is 1. The third kappa shape index (κ3) is 4.65. The first-order chi connectivity index (χ1) is 13.0. The first-order valence-electron chi connectivity index (χ1n) is 8.61. The molecule has 1 atom stereocenters. The van der Waals surface area contributed by atoms with Crippen LogP contribution < -0.4 is 14.8 Å². The minimum absolute atomic E-state index is 0.251. The molecule has 0 aliphatic carbocycles. The zero-order chi connectivity index (χ0) is 19.4. The van der Waals surface area contributed by atoms with E-state index in [4.69, 9.17) is 9.47 Å². The topological polar surface area (TPSA) is 60.5 Å². The maximum atomic E-state index is 12.4. The Morgan fingerprint density at radius 1 is 1.11 bits per heavy atom. The highest BCUT2D eigenvalue weighted by molar-refractivity contribution is 7.14. The Morgan fingerprint density at radius 3 is 2.63 bits per heavy atom. The molecule has 1 aromatic heterocycles. The number of ether oxygens (including phenoxy) is 2. The molecule has 0 radical (unpaired) electrons. The molecular formula is C21H22N2O3S. The van der Waals surface area contributed by atoms with Gasteiger partial charge >= 0.3 is 0 Å². The normalized spacial score (nSPS) is 11.7. The molecule has 0 fully saturated rings. The van der Waals surface area contributed by atoms with Crippen molar-refractivity contribution in [2.45, 2.75) is 26.9 Å². The Kier molecular flexibility index (Phi) is 5.76. The summed E-state index contributed by atoms with van der Waals surface area (Å²) in [6.07, 6.45) is -0.661. The minimum Gasteiger partial charge on any atom is -0.497 e. The van der Waals surface area contributed by atoms with Crippen molar-refractivity contribution in [3.63, 3.8) is 0 Å². The Labute approximate surface area is 163 Å². The fraction of sp³-hybridized carbons (Fsp3) is 0.238. The summed E-state index contributed by atoms with van der Waals surface area (Å²) in [5.74, 6) is 1.00. The Bertz CT molecular complexity index is 952. The number of rotatable bonds is 6. The van der Waals surface area contributed by atoms with Crippen molar-refractivity contribution >= 4 is 22.4 Å². The number of aryl methyl sites for hydroxylation is 2. The third-order valence-electron chi connectivity index (χ3n) is 4.26. The van der Waals surface area contributed by atoms with Gasteiger partial charge in [0.05, 0.1) is 12.8 Å². The number of amides is 1. The van der Waals surface area contributed by atoms with E-state index in [2.05, 4.69) is 36.3 Å². The number of hydrogen-bond acceptors (Lipinski definition) is 5. The first kappa shape index (κ1) is 18.9. The van der Waals surface area contributed by atoms with Gasteiger partial charge < -0.3 is 9.47 Å². The van der Waals surface area contributed by atoms with Crippen LogP contribution in [0, 0.1) is 13.8 Å². The summed E-state index contributed by atoms with van der Waals surface area (Å²) in [6.45, 7) is 5.85. The van der Waals surface area contributed by atoms with Gasteiger partial charge in [-0.25, -0.2) is 4.98 Å². The lowest BCUT2D eigenvalue weighted by molar-refractivity contribution is -0.122. The molecule has 3 rings (SSSR count). The first-order valence-corrected chi connectivity index (χ1v) is 9.49. The fourth-order valence-corrected chi connectivity index (χ4v) is 3.23. The maximum Gasteiger partial charge on any atom is 0.266 e. The van der Waals surface area contributed by atoms with Gasteiger partial charge in [-0.3, -0.25) is 10.1 Å². The summed E-state index contributed by atoms with van der Waals surface area (Å²) < 4.78 is 10.9. The quantitative estimate of drug-likeness (QED) is 0.663. The average molecular weight is 382 g/mol. The van der Waals surface area contributed by atoms with Gasteiger partial charge in [0.2, 0.25) is 0 Å². The Morgan fingerprint density at radius 2 is 1.89 bits per heavy atom. The summed E-state index contributed by atoms with van der Waals surface area (Å²) in [6, 6.07) is 13.4. The van der Waals surface area contributed by atoms with E-state index >= 15 is 0 Å². The van der Waals surface area contributed by atoms with Crippen molar-refractivity contribution in [2.24, 2.45) is 0 Å². The predicted octanol–water partition coefficient (Wildman–Crippen LogP) is 4.84. The minimum atomic E-state index is -0.661. The van der Waals surface area contributed by atoms with Gasteiger partial charge in [-0.2, -0.15) is 0 Å². The number of methoxy groups -OCH3 is 1. The lowest BCUT2D eigenvalue weighted by atomic mass is 10.1. The van der Waals surface area contributed by atoms with Crippen molar-refractivity contribution < 1.29 is 14.3 Å². The smallest absolute Gasteiger partial charge is 0.266 e. The molecule has 0 aliphatic rings. The standard InChI is InChI=1S/C21H22N2O3S/c1-13-8-9-16(10-14(13)2)19-12-27-21(22-19)23-20(24)15(3)26-18-7-5-6-17(11-18)25-4/h5-12,15H,1-4H3,(H,22,23,24). The third-order valence-corrected chi connectivity index (χ3v) is 5.02. The van der Waals surface area contributed by atoms with Crippen LogP contribution in [0.25, 0.3) is 11.3 Å². The van der Waals surface area contributed by atoms with E-state index < -0.39 is 6.10 Å². The van der Waals surface area contributed by atoms with Crippen LogP contribution in [0.2, 0.25) is 0 Å². The predicted molar refractivity (Wildman–Crippen MR) is 109 cm³/mol. The van der Waals surface area contributed by atoms with Gasteiger partial charge in [-0.1, -0.05) is 18.2 Å². The molecule has 1 amide bonds. The van der Waals surface area contributed by atoms with Crippen LogP contribution >= 0.6 is 11.3 Å². The second kappa shape index (κ2) is 8.22. The van der Waals surface area contributed by atoms with E-state index in [1.165, 1.54) is 22.5 Å². The number of nitrogens with zero attached hydrogens (tertiary/aromatic N) is 1. The van der Waals surface area contributed by atoms with Crippen LogP contribution in [-0.4, -0.2) is 24.1 Å². The molecule has 2 aromatic carbocycles. The van der Waals surface area contributed by atoms with Crippen LogP contribution in [0.1, 0.15) is 18.1 Å². The lowest BCUT2D eigenvalue weighted by Crippen LogP contribution is -2.30.